The zero-order chi connectivity index (χ0) is 39.6. The van der Waals surface area contributed by atoms with Gasteiger partial charge in [0.2, 0.25) is 0 Å². The van der Waals surface area contributed by atoms with Crippen LogP contribution in [0.1, 0.15) is 22.3 Å². The van der Waals surface area contributed by atoms with Crippen molar-refractivity contribution in [2.24, 2.45) is 0 Å². The molecular formula is C56H35N3O. The molecule has 2 aliphatic rings. The number of pyridine rings is 1. The normalized spacial score (nSPS) is 12.9. The molecule has 0 N–H and O–H groups in total. The number of para-hydroxylation sites is 1. The van der Waals surface area contributed by atoms with Crippen LogP contribution in [0.4, 0.5) is 0 Å². The van der Waals surface area contributed by atoms with Crippen molar-refractivity contribution in [3.63, 3.8) is 0 Å². The Morgan fingerprint density at radius 3 is 1.52 bits per heavy atom. The molecule has 1 spiro atoms. The van der Waals surface area contributed by atoms with E-state index < -0.39 is 5.41 Å². The van der Waals surface area contributed by atoms with E-state index in [1.807, 2.05) is 42.5 Å². The standard InChI is InChI=1S/C56H35N3O/c1-3-13-37(14-4-1)51-35-52(59-55(58-51)40-16-5-2-6-17-40)39-25-23-36(24-26-39)41-28-31-53-47(33-41)56(45-20-10-8-18-43(45)44-19-9-11-21-46(44)56)48-34-42(29-32-54(48)60-53)50-30-27-38-15-7-12-22-49(38)57-50/h1-35H. The zero-order valence-corrected chi connectivity index (χ0v) is 32.5. The number of fused-ring (bicyclic) bond motifs is 10. The molecular weight excluding hydrogens is 731 g/mol. The average molecular weight is 766 g/mol. The Balaban J connectivity index is 1.01. The fraction of sp³-hybridized carbons (Fsp3) is 0.0179. The van der Waals surface area contributed by atoms with Gasteiger partial charge < -0.3 is 4.74 Å². The second-order valence-electron chi connectivity index (χ2n) is 15.5. The van der Waals surface area contributed by atoms with Crippen molar-refractivity contribution >= 4 is 10.9 Å². The molecule has 0 atom stereocenters. The summed E-state index contributed by atoms with van der Waals surface area (Å²) in [6.07, 6.45) is 0. The first kappa shape index (κ1) is 34.1. The highest BCUT2D eigenvalue weighted by Gasteiger charge is 2.51. The van der Waals surface area contributed by atoms with E-state index in [0.717, 1.165) is 84.0 Å². The highest BCUT2D eigenvalue weighted by atomic mass is 16.5. The van der Waals surface area contributed by atoms with Gasteiger partial charge in [0.05, 0.1) is 28.0 Å². The van der Waals surface area contributed by atoms with E-state index in [4.69, 9.17) is 19.7 Å². The van der Waals surface area contributed by atoms with Crippen LogP contribution in [0.2, 0.25) is 0 Å². The lowest BCUT2D eigenvalue weighted by atomic mass is 9.65. The van der Waals surface area contributed by atoms with Crippen LogP contribution in [-0.4, -0.2) is 15.0 Å². The molecule has 10 aromatic rings. The van der Waals surface area contributed by atoms with Gasteiger partial charge in [0, 0.05) is 38.8 Å². The minimum absolute atomic E-state index is 0.623. The van der Waals surface area contributed by atoms with Crippen LogP contribution in [0.15, 0.2) is 212 Å². The van der Waals surface area contributed by atoms with Crippen LogP contribution >= 0.6 is 0 Å². The number of nitrogens with zero attached hydrogens (tertiary/aromatic N) is 3. The number of ether oxygens (including phenoxy) is 1. The first-order chi connectivity index (χ1) is 29.7. The molecule has 0 saturated carbocycles. The van der Waals surface area contributed by atoms with Crippen LogP contribution in [0.3, 0.4) is 0 Å². The number of rotatable bonds is 5. The fourth-order valence-electron chi connectivity index (χ4n) is 9.37. The van der Waals surface area contributed by atoms with Gasteiger partial charge in [-0.25, -0.2) is 15.0 Å². The molecule has 2 aromatic heterocycles. The largest absolute Gasteiger partial charge is 0.457 e. The van der Waals surface area contributed by atoms with Crippen LogP contribution in [0, 0.1) is 0 Å². The average Bonchev–Trinajstić information content (AvgIpc) is 3.62. The van der Waals surface area contributed by atoms with Crippen molar-refractivity contribution < 1.29 is 4.74 Å². The summed E-state index contributed by atoms with van der Waals surface area (Å²) in [6, 6.07) is 74.9. The Kier molecular flexibility index (Phi) is 7.72. The van der Waals surface area contributed by atoms with E-state index in [1.165, 1.54) is 22.3 Å². The van der Waals surface area contributed by atoms with Gasteiger partial charge in [-0.1, -0.05) is 164 Å². The van der Waals surface area contributed by atoms with Crippen LogP contribution in [-0.2, 0) is 5.41 Å². The SMILES string of the molecule is c1ccc(-c2cc(-c3ccc(-c4ccc5c(c4)C4(c6cc(-c7ccc8ccccc8n7)ccc6O5)c5ccccc5-c5ccccc54)cc3)nc(-c3ccccc3)n2)cc1. The van der Waals surface area contributed by atoms with E-state index in [2.05, 4.69) is 170 Å². The zero-order valence-electron chi connectivity index (χ0n) is 32.5. The summed E-state index contributed by atoms with van der Waals surface area (Å²) in [5.41, 5.74) is 16.6. The molecule has 0 saturated heterocycles. The van der Waals surface area contributed by atoms with Gasteiger partial charge in [0.1, 0.15) is 11.5 Å². The quantitative estimate of drug-likeness (QED) is 0.175. The van der Waals surface area contributed by atoms with E-state index in [1.54, 1.807) is 0 Å². The molecule has 3 heterocycles. The van der Waals surface area contributed by atoms with E-state index in [-0.39, 0.29) is 0 Å². The molecule has 60 heavy (non-hydrogen) atoms. The lowest BCUT2D eigenvalue weighted by Gasteiger charge is -2.40. The van der Waals surface area contributed by atoms with Crippen molar-refractivity contribution in [3.8, 4) is 78.9 Å². The lowest BCUT2D eigenvalue weighted by molar-refractivity contribution is 0.436. The summed E-state index contributed by atoms with van der Waals surface area (Å²) in [5.74, 6) is 2.41. The smallest absolute Gasteiger partial charge is 0.160 e. The second kappa shape index (κ2) is 13.6. The van der Waals surface area contributed by atoms with Crippen LogP contribution in [0.5, 0.6) is 11.5 Å². The number of hydrogen-bond donors (Lipinski definition) is 0. The van der Waals surface area contributed by atoms with E-state index >= 15 is 0 Å². The Hall–Kier alpha value is -7.95. The third kappa shape index (κ3) is 5.35. The maximum Gasteiger partial charge on any atom is 0.160 e. The minimum Gasteiger partial charge on any atom is -0.457 e. The van der Waals surface area contributed by atoms with Crippen molar-refractivity contribution in [1.82, 2.24) is 15.0 Å². The predicted molar refractivity (Wildman–Crippen MR) is 242 cm³/mol. The van der Waals surface area contributed by atoms with Gasteiger partial charge in [-0.05, 0) is 81.9 Å². The Morgan fingerprint density at radius 1 is 0.317 bits per heavy atom. The van der Waals surface area contributed by atoms with Crippen molar-refractivity contribution in [2.45, 2.75) is 5.41 Å². The highest BCUT2D eigenvalue weighted by molar-refractivity contribution is 5.90. The Bertz CT molecular complexity index is 3180. The lowest BCUT2D eigenvalue weighted by Crippen LogP contribution is -2.32. The molecule has 1 aliphatic carbocycles. The van der Waals surface area contributed by atoms with Gasteiger partial charge in [0.25, 0.3) is 0 Å². The minimum atomic E-state index is -0.623. The molecule has 0 amide bonds. The van der Waals surface area contributed by atoms with Crippen molar-refractivity contribution in [3.05, 3.63) is 235 Å². The van der Waals surface area contributed by atoms with Gasteiger partial charge in [-0.15, -0.1) is 0 Å². The molecule has 280 valence electrons. The summed E-state index contributed by atoms with van der Waals surface area (Å²) in [7, 11) is 0. The molecule has 1 aliphatic heterocycles. The molecule has 4 nitrogen and oxygen atoms in total. The first-order valence-corrected chi connectivity index (χ1v) is 20.3. The van der Waals surface area contributed by atoms with Gasteiger partial charge >= 0.3 is 0 Å². The summed E-state index contributed by atoms with van der Waals surface area (Å²) >= 11 is 0. The predicted octanol–water partition coefficient (Wildman–Crippen LogP) is 13.8. The number of benzene rings is 8. The van der Waals surface area contributed by atoms with Crippen LogP contribution in [0.25, 0.3) is 78.3 Å². The monoisotopic (exact) mass is 765 g/mol. The third-order valence-electron chi connectivity index (χ3n) is 12.2. The molecule has 0 unspecified atom stereocenters. The van der Waals surface area contributed by atoms with Gasteiger partial charge in [-0.2, -0.15) is 0 Å². The summed E-state index contributed by atoms with van der Waals surface area (Å²) in [5, 5.41) is 1.12. The highest BCUT2D eigenvalue weighted by Crippen LogP contribution is 2.62. The van der Waals surface area contributed by atoms with E-state index in [0.29, 0.717) is 5.82 Å². The third-order valence-corrected chi connectivity index (χ3v) is 12.2. The maximum atomic E-state index is 6.88. The molecule has 0 fully saturated rings. The number of hydrogen-bond acceptors (Lipinski definition) is 4. The van der Waals surface area contributed by atoms with Crippen molar-refractivity contribution in [2.75, 3.05) is 0 Å². The number of aromatic nitrogens is 3. The summed E-state index contributed by atoms with van der Waals surface area (Å²) in [4.78, 5) is 15.2. The van der Waals surface area contributed by atoms with Crippen LogP contribution < -0.4 is 4.74 Å². The van der Waals surface area contributed by atoms with Gasteiger partial charge in [-0.3, -0.25) is 0 Å². The first-order valence-electron chi connectivity index (χ1n) is 20.3. The molecule has 0 radical (unpaired) electrons. The second-order valence-corrected chi connectivity index (χ2v) is 15.5. The molecule has 0 bridgehead atoms. The summed E-state index contributed by atoms with van der Waals surface area (Å²) in [6.45, 7) is 0. The fourth-order valence-corrected chi connectivity index (χ4v) is 9.37. The molecule has 12 rings (SSSR count). The van der Waals surface area contributed by atoms with E-state index in [9.17, 15) is 0 Å². The maximum absolute atomic E-state index is 6.88. The van der Waals surface area contributed by atoms with Gasteiger partial charge in [0.15, 0.2) is 5.82 Å². The molecule has 4 heteroatoms. The summed E-state index contributed by atoms with van der Waals surface area (Å²) < 4.78 is 6.88. The Morgan fingerprint density at radius 2 is 0.833 bits per heavy atom. The topological polar surface area (TPSA) is 47.9 Å². The molecule has 8 aromatic carbocycles. The van der Waals surface area contributed by atoms with Crippen molar-refractivity contribution in [1.29, 1.82) is 0 Å². The Labute approximate surface area is 348 Å².